The number of aliphatic hydroxyl groups is 2. The van der Waals surface area contributed by atoms with Gasteiger partial charge in [-0.3, -0.25) is 4.57 Å². The molecule has 18 heavy (non-hydrogen) atoms. The van der Waals surface area contributed by atoms with Gasteiger partial charge in [0.25, 0.3) is 0 Å². The second kappa shape index (κ2) is 4.84. The van der Waals surface area contributed by atoms with E-state index in [1.54, 1.807) is 0 Å². The molecule has 3 atom stereocenters. The van der Waals surface area contributed by atoms with E-state index < -0.39 is 30.7 Å². The SMILES string of the molecule is Nc1ccn(C2OC(CO)C(O)C2=CF)c(=O)n1. The maximum Gasteiger partial charge on any atom is 0.351 e. The number of aliphatic hydroxyl groups excluding tert-OH is 2. The summed E-state index contributed by atoms with van der Waals surface area (Å²) in [5, 5.41) is 18.6. The fourth-order valence-corrected chi connectivity index (χ4v) is 1.77. The second-order valence-electron chi connectivity index (χ2n) is 3.81. The van der Waals surface area contributed by atoms with Crippen LogP contribution >= 0.6 is 0 Å². The number of nitrogen functional groups attached to an aromatic ring is 1. The molecule has 1 saturated heterocycles. The standard InChI is InChI=1S/C10H12FN3O4/c11-3-5-8(16)6(4-15)18-9(5)14-2-1-7(12)13-10(14)17/h1-3,6,8-9,15-16H,4H2,(H2,12,13,17). The highest BCUT2D eigenvalue weighted by atomic mass is 19.1. The van der Waals surface area contributed by atoms with Gasteiger partial charge in [-0.05, 0) is 6.07 Å². The van der Waals surface area contributed by atoms with Crippen LogP contribution in [0.5, 0.6) is 0 Å². The molecule has 0 bridgehead atoms. The van der Waals surface area contributed by atoms with Crippen molar-refractivity contribution in [3.05, 3.63) is 34.7 Å². The average molecular weight is 257 g/mol. The summed E-state index contributed by atoms with van der Waals surface area (Å²) in [6, 6.07) is 1.35. The number of hydrogen-bond donors (Lipinski definition) is 3. The maximum absolute atomic E-state index is 12.8. The van der Waals surface area contributed by atoms with E-state index in [2.05, 4.69) is 4.98 Å². The highest BCUT2D eigenvalue weighted by Crippen LogP contribution is 2.33. The van der Waals surface area contributed by atoms with Gasteiger partial charge >= 0.3 is 5.69 Å². The molecule has 4 N–H and O–H groups in total. The first-order valence-corrected chi connectivity index (χ1v) is 5.17. The van der Waals surface area contributed by atoms with E-state index in [9.17, 15) is 14.3 Å². The van der Waals surface area contributed by atoms with Crippen LogP contribution < -0.4 is 11.4 Å². The van der Waals surface area contributed by atoms with E-state index in [0.717, 1.165) is 4.57 Å². The van der Waals surface area contributed by atoms with Crippen LogP contribution in [-0.2, 0) is 4.74 Å². The third kappa shape index (κ3) is 2.01. The zero-order valence-electron chi connectivity index (χ0n) is 9.23. The first-order valence-electron chi connectivity index (χ1n) is 5.17. The molecular weight excluding hydrogens is 245 g/mol. The smallest absolute Gasteiger partial charge is 0.351 e. The molecule has 2 rings (SSSR count). The minimum atomic E-state index is -1.31. The molecule has 1 aliphatic heterocycles. The fourth-order valence-electron chi connectivity index (χ4n) is 1.77. The van der Waals surface area contributed by atoms with Crippen molar-refractivity contribution in [1.82, 2.24) is 9.55 Å². The number of nitrogens with two attached hydrogens (primary N) is 1. The van der Waals surface area contributed by atoms with Gasteiger partial charge in [-0.2, -0.15) is 4.98 Å². The van der Waals surface area contributed by atoms with Crippen molar-refractivity contribution < 1.29 is 19.3 Å². The number of aromatic nitrogens is 2. The molecule has 1 aromatic heterocycles. The number of rotatable bonds is 2. The zero-order chi connectivity index (χ0) is 13.3. The van der Waals surface area contributed by atoms with Crippen LogP contribution in [0, 0.1) is 0 Å². The number of hydrogen-bond acceptors (Lipinski definition) is 6. The molecule has 2 heterocycles. The minimum Gasteiger partial charge on any atom is -0.394 e. The van der Waals surface area contributed by atoms with Crippen molar-refractivity contribution in [2.75, 3.05) is 12.3 Å². The molecule has 0 amide bonds. The molecule has 7 nitrogen and oxygen atoms in total. The molecule has 0 aromatic carbocycles. The molecule has 1 fully saturated rings. The molecule has 1 aromatic rings. The predicted molar refractivity (Wildman–Crippen MR) is 59.1 cm³/mol. The number of anilines is 1. The van der Waals surface area contributed by atoms with Gasteiger partial charge < -0.3 is 20.7 Å². The highest BCUT2D eigenvalue weighted by Gasteiger charge is 2.40. The molecule has 3 unspecified atom stereocenters. The first-order chi connectivity index (χ1) is 8.58. The van der Waals surface area contributed by atoms with Crippen LogP contribution in [0.25, 0.3) is 0 Å². The summed E-state index contributed by atoms with van der Waals surface area (Å²) >= 11 is 0. The lowest BCUT2D eigenvalue weighted by Crippen LogP contribution is -2.28. The Kier molecular flexibility index (Phi) is 3.41. The Labute approximate surface area is 101 Å². The summed E-state index contributed by atoms with van der Waals surface area (Å²) < 4.78 is 19.0. The van der Waals surface area contributed by atoms with Crippen LogP contribution in [0.3, 0.4) is 0 Å². The Balaban J connectivity index is 2.41. The summed E-state index contributed by atoms with van der Waals surface area (Å²) in [5.41, 5.74) is 4.45. The van der Waals surface area contributed by atoms with Gasteiger partial charge in [0.1, 0.15) is 18.0 Å². The summed E-state index contributed by atoms with van der Waals surface area (Å²) in [6.45, 7) is -0.494. The van der Waals surface area contributed by atoms with E-state index in [1.807, 2.05) is 0 Å². The minimum absolute atomic E-state index is 0.0271. The Hall–Kier alpha value is -1.77. The van der Waals surface area contributed by atoms with Crippen LogP contribution in [-0.4, -0.2) is 38.6 Å². The Morgan fingerprint density at radius 3 is 2.94 bits per heavy atom. The monoisotopic (exact) mass is 257 g/mol. The lowest BCUT2D eigenvalue weighted by Gasteiger charge is -2.14. The van der Waals surface area contributed by atoms with Crippen LogP contribution in [0.1, 0.15) is 6.23 Å². The van der Waals surface area contributed by atoms with Crippen LogP contribution in [0.15, 0.2) is 29.0 Å². The zero-order valence-corrected chi connectivity index (χ0v) is 9.23. The summed E-state index contributed by atoms with van der Waals surface area (Å²) in [6.07, 6.45) is -1.99. The van der Waals surface area contributed by atoms with Crippen molar-refractivity contribution in [1.29, 1.82) is 0 Å². The average Bonchev–Trinajstić information content (AvgIpc) is 2.65. The van der Waals surface area contributed by atoms with Gasteiger partial charge in [0.15, 0.2) is 6.23 Å². The predicted octanol–water partition coefficient (Wildman–Crippen LogP) is -1.07. The summed E-state index contributed by atoms with van der Waals surface area (Å²) in [5.74, 6) is 0.0271. The molecule has 0 saturated carbocycles. The van der Waals surface area contributed by atoms with Gasteiger partial charge in [0.05, 0.1) is 12.9 Å². The van der Waals surface area contributed by atoms with E-state index in [0.29, 0.717) is 0 Å². The Morgan fingerprint density at radius 1 is 1.67 bits per heavy atom. The van der Waals surface area contributed by atoms with Gasteiger partial charge in [-0.15, -0.1) is 0 Å². The van der Waals surface area contributed by atoms with Crippen molar-refractivity contribution in [2.24, 2.45) is 0 Å². The van der Waals surface area contributed by atoms with E-state index >= 15 is 0 Å². The highest BCUT2D eigenvalue weighted by molar-refractivity contribution is 5.25. The van der Waals surface area contributed by atoms with Gasteiger partial charge in [-0.1, -0.05) is 0 Å². The molecule has 98 valence electrons. The van der Waals surface area contributed by atoms with Crippen molar-refractivity contribution in [3.8, 4) is 0 Å². The molecule has 0 radical (unpaired) electrons. The maximum atomic E-state index is 12.8. The summed E-state index contributed by atoms with van der Waals surface area (Å²) in [7, 11) is 0. The molecule has 0 aliphatic carbocycles. The van der Waals surface area contributed by atoms with Crippen molar-refractivity contribution in [2.45, 2.75) is 18.4 Å². The largest absolute Gasteiger partial charge is 0.394 e. The van der Waals surface area contributed by atoms with Crippen LogP contribution in [0.2, 0.25) is 0 Å². The van der Waals surface area contributed by atoms with E-state index in [-0.39, 0.29) is 17.7 Å². The molecule has 0 spiro atoms. The lowest BCUT2D eigenvalue weighted by molar-refractivity contribution is -0.0447. The third-order valence-electron chi connectivity index (χ3n) is 2.69. The quantitative estimate of drug-likeness (QED) is 0.622. The van der Waals surface area contributed by atoms with Gasteiger partial charge in [-0.25, -0.2) is 9.18 Å². The van der Waals surface area contributed by atoms with Crippen molar-refractivity contribution >= 4 is 5.82 Å². The van der Waals surface area contributed by atoms with Crippen LogP contribution in [0.4, 0.5) is 10.2 Å². The van der Waals surface area contributed by atoms with Crippen molar-refractivity contribution in [3.63, 3.8) is 0 Å². The molecular formula is C10H12FN3O4. The Bertz CT molecular complexity index is 530. The first kappa shape index (κ1) is 12.7. The number of ether oxygens (including phenoxy) is 1. The Morgan fingerprint density at radius 2 is 2.39 bits per heavy atom. The number of halogens is 1. The van der Waals surface area contributed by atoms with Gasteiger partial charge in [0, 0.05) is 11.8 Å². The lowest BCUT2D eigenvalue weighted by atomic mass is 10.1. The molecule has 1 aliphatic rings. The fraction of sp³-hybridized carbons (Fsp3) is 0.400. The number of nitrogens with zero attached hydrogens (tertiary/aromatic N) is 2. The molecule has 8 heteroatoms. The van der Waals surface area contributed by atoms with E-state index in [4.69, 9.17) is 15.6 Å². The van der Waals surface area contributed by atoms with E-state index in [1.165, 1.54) is 12.3 Å². The normalized spacial score (nSPS) is 29.9. The second-order valence-corrected chi connectivity index (χ2v) is 3.81. The topological polar surface area (TPSA) is 111 Å². The third-order valence-corrected chi connectivity index (χ3v) is 2.69. The van der Waals surface area contributed by atoms with Gasteiger partial charge in [0.2, 0.25) is 0 Å². The summed E-state index contributed by atoms with van der Waals surface area (Å²) in [4.78, 5) is 15.1.